The van der Waals surface area contributed by atoms with Crippen molar-refractivity contribution < 1.29 is 128 Å². The smallest absolute Gasteiger partial charge is 0.251 e. The molecule has 0 aromatic heterocycles. The van der Waals surface area contributed by atoms with Gasteiger partial charge in [0.2, 0.25) is 23.6 Å². The highest BCUT2D eigenvalue weighted by molar-refractivity contribution is 5.94. The van der Waals surface area contributed by atoms with Gasteiger partial charge in [0.25, 0.3) is 5.91 Å². The van der Waals surface area contributed by atoms with Gasteiger partial charge in [-0.15, -0.1) is 0 Å². The lowest BCUT2D eigenvalue weighted by molar-refractivity contribution is -0.366. The maximum atomic E-state index is 13.9. The molecule has 0 bridgehead atoms. The standard InChI is InChI=1S/C57H91N5O26/c1-7-8-9-10-11-12-13-14-15-19-79-32-18-16-17-31(20-32)53(78)62-39-44(73)43(72)33(21-63)81-54(39)86-50-35(23-65)83-56(41(46(50)75)60-29(5)70)88-52-37(25-67)84-57(42(48(52)77)61-30(6)71)87-51-36(24-66)82-55(40(47(51)76)59-28(4)69)85-49-34(22-64)80-26(2)38(45(49)74)58-27(3)68/h12-13,16-18,20,26,33-52,54-57,63-67,72-77H,7-11,14-15,19,21-25H2,1-6H3,(H,58,68)(H,59,69)(H,60,70)(H,61,71)(H,62,78)/b13-12-/t26?,33?,34?,35-,36-,37?,38+,39-,40?,41?,42?,43+,44+,45+,46?,47?,48+,49?,50+,51+,52?,54?,55?,56?,57-/m0/s1. The molecule has 16 N–H and O–H groups in total. The van der Waals surface area contributed by atoms with E-state index in [1.807, 2.05) is 0 Å². The van der Waals surface area contributed by atoms with Crippen molar-refractivity contribution in [2.45, 2.75) is 240 Å². The molecule has 14 unspecified atom stereocenters. The Morgan fingerprint density at radius 3 is 1.25 bits per heavy atom. The van der Waals surface area contributed by atoms with E-state index < -0.39 is 216 Å². The molecule has 1 aromatic carbocycles. The summed E-state index contributed by atoms with van der Waals surface area (Å²) in [4.78, 5) is 64.3. The summed E-state index contributed by atoms with van der Waals surface area (Å²) in [6.07, 6.45) is -22.4. The van der Waals surface area contributed by atoms with Crippen LogP contribution in [0.25, 0.3) is 0 Å². The van der Waals surface area contributed by atoms with E-state index in [1.165, 1.54) is 45.2 Å². The molecule has 0 spiro atoms. The van der Waals surface area contributed by atoms with Crippen LogP contribution < -0.4 is 31.3 Å². The second kappa shape index (κ2) is 34.7. The number of hydrogen-bond donors (Lipinski definition) is 16. The number of aliphatic hydroxyl groups is 11. The second-order valence-corrected chi connectivity index (χ2v) is 22.6. The van der Waals surface area contributed by atoms with Crippen LogP contribution in [0.2, 0.25) is 0 Å². The quantitative estimate of drug-likeness (QED) is 0.0263. The lowest BCUT2D eigenvalue weighted by Gasteiger charge is -2.51. The molecule has 0 radical (unpaired) electrons. The first-order chi connectivity index (χ1) is 42.0. The van der Waals surface area contributed by atoms with Crippen LogP contribution in [0.15, 0.2) is 36.4 Å². The largest absolute Gasteiger partial charge is 0.494 e. The van der Waals surface area contributed by atoms with Gasteiger partial charge < -0.3 is 130 Å². The van der Waals surface area contributed by atoms with Crippen molar-refractivity contribution in [3.05, 3.63) is 42.0 Å². The van der Waals surface area contributed by atoms with Gasteiger partial charge in [0.15, 0.2) is 25.2 Å². The Labute approximate surface area is 509 Å². The highest BCUT2D eigenvalue weighted by atomic mass is 16.8. The number of rotatable bonds is 29. The highest BCUT2D eigenvalue weighted by Gasteiger charge is 2.57. The fraction of sp³-hybridized carbons (Fsp3) is 0.772. The third-order valence-corrected chi connectivity index (χ3v) is 15.8. The van der Waals surface area contributed by atoms with Crippen molar-refractivity contribution in [1.29, 1.82) is 0 Å². The van der Waals surface area contributed by atoms with E-state index >= 15 is 0 Å². The number of unbranched alkanes of at least 4 members (excludes halogenated alkanes) is 5. The van der Waals surface area contributed by atoms with Crippen molar-refractivity contribution in [1.82, 2.24) is 26.6 Å². The number of carbonyl (C=O) groups excluding carboxylic acids is 5. The number of carbonyl (C=O) groups is 5. The Hall–Kier alpha value is -4.69. The molecule has 31 heteroatoms. The van der Waals surface area contributed by atoms with Crippen LogP contribution in [0, 0.1) is 0 Å². The normalized spacial score (nSPS) is 37.8. The van der Waals surface area contributed by atoms with E-state index in [2.05, 4.69) is 45.7 Å². The Balaban J connectivity index is 1.18. The number of amides is 5. The van der Waals surface area contributed by atoms with Gasteiger partial charge in [-0.2, -0.15) is 0 Å². The van der Waals surface area contributed by atoms with E-state index in [0.29, 0.717) is 18.8 Å². The first-order valence-electron chi connectivity index (χ1n) is 29.8. The van der Waals surface area contributed by atoms with Crippen molar-refractivity contribution in [2.24, 2.45) is 0 Å². The molecule has 0 saturated carbocycles. The summed E-state index contributed by atoms with van der Waals surface area (Å²) < 4.78 is 60.6. The molecule has 5 aliphatic rings. The summed E-state index contributed by atoms with van der Waals surface area (Å²) in [6.45, 7) is 3.96. The molecule has 0 aliphatic carbocycles. The van der Waals surface area contributed by atoms with Gasteiger partial charge in [0.1, 0.15) is 121 Å². The molecule has 500 valence electrons. The minimum Gasteiger partial charge on any atom is -0.494 e. The van der Waals surface area contributed by atoms with Crippen LogP contribution in [0.5, 0.6) is 5.75 Å². The van der Waals surface area contributed by atoms with Crippen molar-refractivity contribution in [3.63, 3.8) is 0 Å². The number of ether oxygens (including phenoxy) is 10. The summed E-state index contributed by atoms with van der Waals surface area (Å²) >= 11 is 0. The molecule has 5 amide bonds. The minimum atomic E-state index is -2.01. The van der Waals surface area contributed by atoms with Crippen LogP contribution in [0.4, 0.5) is 0 Å². The fourth-order valence-corrected chi connectivity index (χ4v) is 11.4. The van der Waals surface area contributed by atoms with Gasteiger partial charge in [-0.25, -0.2) is 0 Å². The molecule has 31 nitrogen and oxygen atoms in total. The molecule has 1 aromatic rings. The van der Waals surface area contributed by atoms with Crippen molar-refractivity contribution in [2.75, 3.05) is 39.6 Å². The molecule has 25 atom stereocenters. The topological polar surface area (TPSA) is 460 Å². The molecule has 5 fully saturated rings. The Morgan fingerprint density at radius 1 is 0.466 bits per heavy atom. The second-order valence-electron chi connectivity index (χ2n) is 22.6. The lowest BCUT2D eigenvalue weighted by atomic mass is 9.92. The molecule has 6 rings (SSSR count). The zero-order valence-electron chi connectivity index (χ0n) is 50.1. The molecular formula is C57H91N5O26. The summed E-state index contributed by atoms with van der Waals surface area (Å²) in [5.41, 5.74) is 0.0635. The van der Waals surface area contributed by atoms with Crippen molar-refractivity contribution >= 4 is 29.5 Å². The number of aliphatic hydroxyl groups excluding tert-OH is 11. The average Bonchev–Trinajstić information content (AvgIpc) is 1.44. The fourth-order valence-electron chi connectivity index (χ4n) is 11.4. The van der Waals surface area contributed by atoms with Crippen molar-refractivity contribution in [3.8, 4) is 5.75 Å². The number of allylic oxidation sites excluding steroid dienone is 2. The van der Waals surface area contributed by atoms with Gasteiger partial charge in [-0.05, 0) is 50.8 Å². The highest BCUT2D eigenvalue weighted by Crippen LogP contribution is 2.36. The van der Waals surface area contributed by atoms with E-state index in [0.717, 1.165) is 40.0 Å². The van der Waals surface area contributed by atoms with Crippen LogP contribution in [-0.2, 0) is 61.8 Å². The lowest BCUT2D eigenvalue weighted by Crippen LogP contribution is -2.72. The summed E-state index contributed by atoms with van der Waals surface area (Å²) in [6, 6.07) is -1.61. The monoisotopic (exact) mass is 1260 g/mol. The summed E-state index contributed by atoms with van der Waals surface area (Å²) in [7, 11) is 0. The predicted molar refractivity (Wildman–Crippen MR) is 301 cm³/mol. The first kappa shape index (κ1) is 72.4. The SMILES string of the molecule is CCCCCC/C=C\CCCOc1cccc(C(=O)N[C@@H]2C(O[C@H]3C(O)C(NC(C)=O)C(OC4C(CO)O[C@@H](O[C@H]5C(O)C(NC(C)=O)C(OC6C(CO)OC(C)[C@@H](NC(C)=O)[C@H]6O)O[C@H]5CO)C(NC(C)=O)[C@H]4O)O[C@H]3CO)OC(CO)[C@@H](O)[C@@H]2O)c1. The van der Waals surface area contributed by atoms with E-state index in [1.54, 1.807) is 12.1 Å². The van der Waals surface area contributed by atoms with Crippen LogP contribution in [0.3, 0.4) is 0 Å². The maximum absolute atomic E-state index is 13.9. The molecule has 88 heavy (non-hydrogen) atoms. The van der Waals surface area contributed by atoms with Gasteiger partial charge in [-0.3, -0.25) is 24.0 Å². The maximum Gasteiger partial charge on any atom is 0.251 e. The van der Waals surface area contributed by atoms with Crippen LogP contribution >= 0.6 is 0 Å². The van der Waals surface area contributed by atoms with Crippen LogP contribution in [0.1, 0.15) is 96.8 Å². The number of hydrogen-bond acceptors (Lipinski definition) is 26. The zero-order valence-corrected chi connectivity index (χ0v) is 50.1. The molecule has 5 saturated heterocycles. The van der Waals surface area contributed by atoms with E-state index in [-0.39, 0.29) is 5.56 Å². The Morgan fingerprint density at radius 2 is 0.841 bits per heavy atom. The van der Waals surface area contributed by atoms with E-state index in [4.69, 9.17) is 47.4 Å². The molecular weight excluding hydrogens is 1170 g/mol. The number of nitrogens with one attached hydrogen (secondary N) is 5. The first-order valence-corrected chi connectivity index (χ1v) is 29.8. The summed E-state index contributed by atoms with van der Waals surface area (Å²) in [5.74, 6) is -3.30. The van der Waals surface area contributed by atoms with Gasteiger partial charge in [-0.1, -0.05) is 44.4 Å². The van der Waals surface area contributed by atoms with E-state index in [9.17, 15) is 80.1 Å². The third-order valence-electron chi connectivity index (χ3n) is 15.8. The average molecular weight is 1260 g/mol. The number of benzene rings is 1. The van der Waals surface area contributed by atoms with Gasteiger partial charge >= 0.3 is 0 Å². The molecule has 5 aliphatic heterocycles. The third kappa shape index (κ3) is 18.7. The minimum absolute atomic E-state index is 0.0635. The zero-order chi connectivity index (χ0) is 64.5. The predicted octanol–water partition coefficient (Wildman–Crippen LogP) is -5.16. The van der Waals surface area contributed by atoms with Gasteiger partial charge in [0.05, 0.1) is 51.8 Å². The van der Waals surface area contributed by atoms with Crippen LogP contribution in [-0.4, -0.2) is 278 Å². The molecule has 5 heterocycles. The summed E-state index contributed by atoms with van der Waals surface area (Å²) in [5, 5.41) is 135. The Kier molecular flexibility index (Phi) is 28.5. The van der Waals surface area contributed by atoms with Gasteiger partial charge in [0, 0.05) is 33.3 Å². The Bertz CT molecular complexity index is 2400.